The third-order valence-corrected chi connectivity index (χ3v) is 3.33. The standard InChI is InChI=1S/C17H24N2O2/c1-20-13-12-18-11-10-17-19-14-16(21-17)9-5-8-15-6-3-2-4-7-15/h2-4,6-7,14,18H,5,8-13H2,1H3. The molecule has 0 amide bonds. The Hall–Kier alpha value is -1.65. The van der Waals surface area contributed by atoms with Crippen molar-refractivity contribution in [3.63, 3.8) is 0 Å². The molecular weight excluding hydrogens is 264 g/mol. The van der Waals surface area contributed by atoms with Crippen molar-refractivity contribution in [2.24, 2.45) is 0 Å². The third-order valence-electron chi connectivity index (χ3n) is 3.33. The Labute approximate surface area is 126 Å². The van der Waals surface area contributed by atoms with E-state index in [0.29, 0.717) is 0 Å². The molecule has 4 nitrogen and oxygen atoms in total. The molecule has 0 spiro atoms. The van der Waals surface area contributed by atoms with Gasteiger partial charge < -0.3 is 14.5 Å². The summed E-state index contributed by atoms with van der Waals surface area (Å²) in [6, 6.07) is 10.5. The van der Waals surface area contributed by atoms with Crippen LogP contribution in [0.4, 0.5) is 0 Å². The zero-order valence-electron chi connectivity index (χ0n) is 12.7. The Bertz CT molecular complexity index is 497. The van der Waals surface area contributed by atoms with E-state index in [4.69, 9.17) is 9.15 Å². The van der Waals surface area contributed by atoms with Gasteiger partial charge >= 0.3 is 0 Å². The molecule has 2 rings (SSSR count). The van der Waals surface area contributed by atoms with Crippen molar-refractivity contribution in [2.45, 2.75) is 25.7 Å². The predicted molar refractivity (Wildman–Crippen MR) is 83.4 cm³/mol. The van der Waals surface area contributed by atoms with Gasteiger partial charge in [-0.1, -0.05) is 30.3 Å². The summed E-state index contributed by atoms with van der Waals surface area (Å²) in [6.07, 6.45) is 5.79. The molecule has 114 valence electrons. The molecule has 4 heteroatoms. The smallest absolute Gasteiger partial charge is 0.195 e. The van der Waals surface area contributed by atoms with Gasteiger partial charge in [0.1, 0.15) is 5.76 Å². The summed E-state index contributed by atoms with van der Waals surface area (Å²) < 4.78 is 10.7. The Balaban J connectivity index is 1.63. The number of ether oxygens (including phenoxy) is 1. The molecule has 1 N–H and O–H groups in total. The second kappa shape index (κ2) is 9.32. The van der Waals surface area contributed by atoms with Gasteiger partial charge in [0.2, 0.25) is 0 Å². The molecule has 0 unspecified atom stereocenters. The van der Waals surface area contributed by atoms with Crippen LogP contribution in [0.3, 0.4) is 0 Å². The normalized spacial score (nSPS) is 10.9. The number of oxazole rings is 1. The van der Waals surface area contributed by atoms with Crippen LogP contribution >= 0.6 is 0 Å². The maximum atomic E-state index is 5.75. The Morgan fingerprint density at radius 2 is 1.95 bits per heavy atom. The molecule has 0 radical (unpaired) electrons. The highest BCUT2D eigenvalue weighted by Crippen LogP contribution is 2.10. The zero-order valence-corrected chi connectivity index (χ0v) is 12.7. The van der Waals surface area contributed by atoms with Gasteiger partial charge in [0.25, 0.3) is 0 Å². The average Bonchev–Trinajstić information content (AvgIpc) is 2.96. The Morgan fingerprint density at radius 3 is 2.76 bits per heavy atom. The fourth-order valence-electron chi connectivity index (χ4n) is 2.19. The number of hydrogen-bond donors (Lipinski definition) is 1. The summed E-state index contributed by atoms with van der Waals surface area (Å²) in [5.41, 5.74) is 1.37. The summed E-state index contributed by atoms with van der Waals surface area (Å²) in [5, 5.41) is 3.28. The number of methoxy groups -OCH3 is 1. The molecule has 0 fully saturated rings. The van der Waals surface area contributed by atoms with E-state index in [-0.39, 0.29) is 0 Å². The van der Waals surface area contributed by atoms with Gasteiger partial charge in [-0.2, -0.15) is 0 Å². The van der Waals surface area contributed by atoms with Crippen LogP contribution in [0, 0.1) is 0 Å². The van der Waals surface area contributed by atoms with Crippen LogP contribution in [0.2, 0.25) is 0 Å². The van der Waals surface area contributed by atoms with Gasteiger partial charge in [-0.05, 0) is 18.4 Å². The van der Waals surface area contributed by atoms with Crippen molar-refractivity contribution in [1.29, 1.82) is 0 Å². The molecule has 0 aliphatic carbocycles. The number of benzene rings is 1. The van der Waals surface area contributed by atoms with E-state index in [9.17, 15) is 0 Å². The van der Waals surface area contributed by atoms with Crippen molar-refractivity contribution < 1.29 is 9.15 Å². The topological polar surface area (TPSA) is 47.3 Å². The average molecular weight is 288 g/mol. The minimum absolute atomic E-state index is 0.732. The van der Waals surface area contributed by atoms with E-state index >= 15 is 0 Å². The lowest BCUT2D eigenvalue weighted by Crippen LogP contribution is -2.21. The van der Waals surface area contributed by atoms with Crippen LogP contribution in [-0.2, 0) is 24.0 Å². The molecule has 0 saturated carbocycles. The Morgan fingerprint density at radius 1 is 1.10 bits per heavy atom. The van der Waals surface area contributed by atoms with Crippen LogP contribution in [0.5, 0.6) is 0 Å². The molecule has 0 saturated heterocycles. The second-order valence-corrected chi connectivity index (χ2v) is 5.05. The fourth-order valence-corrected chi connectivity index (χ4v) is 2.19. The SMILES string of the molecule is COCCNCCc1ncc(CCCc2ccccc2)o1. The van der Waals surface area contributed by atoms with E-state index in [0.717, 1.165) is 57.0 Å². The molecule has 1 heterocycles. The molecule has 21 heavy (non-hydrogen) atoms. The van der Waals surface area contributed by atoms with Gasteiger partial charge in [-0.25, -0.2) is 4.98 Å². The van der Waals surface area contributed by atoms with Gasteiger partial charge in [-0.3, -0.25) is 0 Å². The van der Waals surface area contributed by atoms with Gasteiger partial charge in [-0.15, -0.1) is 0 Å². The quantitative estimate of drug-likeness (QED) is 0.683. The summed E-state index contributed by atoms with van der Waals surface area (Å²) >= 11 is 0. The summed E-state index contributed by atoms with van der Waals surface area (Å²) in [6.45, 7) is 2.46. The molecule has 2 aromatic rings. The first-order valence-electron chi connectivity index (χ1n) is 7.55. The number of aryl methyl sites for hydroxylation is 2. The Kier molecular flexibility index (Phi) is 6.98. The predicted octanol–water partition coefficient (Wildman–Crippen LogP) is 2.63. The van der Waals surface area contributed by atoms with Crippen LogP contribution < -0.4 is 5.32 Å². The zero-order chi connectivity index (χ0) is 14.8. The van der Waals surface area contributed by atoms with E-state index in [1.54, 1.807) is 7.11 Å². The summed E-state index contributed by atoms with van der Waals surface area (Å²) in [7, 11) is 1.71. The minimum Gasteiger partial charge on any atom is -0.446 e. The highest BCUT2D eigenvalue weighted by Gasteiger charge is 2.04. The lowest BCUT2D eigenvalue weighted by molar-refractivity contribution is 0.199. The van der Waals surface area contributed by atoms with E-state index in [1.807, 2.05) is 12.3 Å². The summed E-state index contributed by atoms with van der Waals surface area (Å²) in [4.78, 5) is 4.32. The van der Waals surface area contributed by atoms with Gasteiger partial charge in [0.15, 0.2) is 5.89 Å². The van der Waals surface area contributed by atoms with Crippen LogP contribution in [0.15, 0.2) is 40.9 Å². The fraction of sp³-hybridized carbons (Fsp3) is 0.471. The van der Waals surface area contributed by atoms with Crippen LogP contribution in [0.25, 0.3) is 0 Å². The lowest BCUT2D eigenvalue weighted by Gasteiger charge is -2.01. The molecule has 0 aliphatic heterocycles. The third kappa shape index (κ3) is 6.10. The molecule has 1 aromatic carbocycles. The minimum atomic E-state index is 0.732. The molecule has 0 aliphatic rings. The van der Waals surface area contributed by atoms with E-state index in [2.05, 4.69) is 34.6 Å². The second-order valence-electron chi connectivity index (χ2n) is 5.05. The van der Waals surface area contributed by atoms with Crippen LogP contribution in [0.1, 0.15) is 23.6 Å². The lowest BCUT2D eigenvalue weighted by atomic mass is 10.1. The number of nitrogens with zero attached hydrogens (tertiary/aromatic N) is 1. The molecule has 0 atom stereocenters. The van der Waals surface area contributed by atoms with Gasteiger partial charge in [0, 0.05) is 33.0 Å². The highest BCUT2D eigenvalue weighted by atomic mass is 16.5. The van der Waals surface area contributed by atoms with Crippen molar-refractivity contribution in [3.05, 3.63) is 53.7 Å². The van der Waals surface area contributed by atoms with E-state index < -0.39 is 0 Å². The highest BCUT2D eigenvalue weighted by molar-refractivity contribution is 5.14. The number of aromatic nitrogens is 1. The van der Waals surface area contributed by atoms with E-state index in [1.165, 1.54) is 5.56 Å². The molecule has 1 aromatic heterocycles. The monoisotopic (exact) mass is 288 g/mol. The first kappa shape index (κ1) is 15.7. The van der Waals surface area contributed by atoms with Crippen molar-refractivity contribution in [2.75, 3.05) is 26.8 Å². The van der Waals surface area contributed by atoms with Crippen molar-refractivity contribution in [3.8, 4) is 0 Å². The largest absolute Gasteiger partial charge is 0.446 e. The van der Waals surface area contributed by atoms with Gasteiger partial charge in [0.05, 0.1) is 12.8 Å². The number of nitrogens with one attached hydrogen (secondary N) is 1. The first-order valence-corrected chi connectivity index (χ1v) is 7.55. The number of rotatable bonds is 10. The summed E-state index contributed by atoms with van der Waals surface area (Å²) in [5.74, 6) is 1.80. The van der Waals surface area contributed by atoms with Crippen molar-refractivity contribution in [1.82, 2.24) is 10.3 Å². The number of hydrogen-bond acceptors (Lipinski definition) is 4. The van der Waals surface area contributed by atoms with Crippen LogP contribution in [-0.4, -0.2) is 31.8 Å². The first-order chi connectivity index (χ1) is 10.4. The maximum Gasteiger partial charge on any atom is 0.195 e. The van der Waals surface area contributed by atoms with Crippen molar-refractivity contribution >= 4 is 0 Å². The molecular formula is C17H24N2O2. The maximum absolute atomic E-state index is 5.75. The molecule has 0 bridgehead atoms.